The first-order valence-electron chi connectivity index (χ1n) is 10.6. The Morgan fingerprint density at radius 3 is 2.45 bits per heavy atom. The molecule has 1 aliphatic carbocycles. The molecular weight excluding hydrogens is 392 g/mol. The number of carbonyl (C=O) groups is 2. The van der Waals surface area contributed by atoms with Gasteiger partial charge in [0, 0.05) is 12.0 Å². The van der Waals surface area contributed by atoms with Crippen molar-refractivity contribution in [3.8, 4) is 5.75 Å². The number of Topliss-reactive ketones (excluding diaryl/α,β-unsaturated/α-hetero) is 1. The van der Waals surface area contributed by atoms with E-state index in [0.717, 1.165) is 5.56 Å². The van der Waals surface area contributed by atoms with Gasteiger partial charge in [0.2, 0.25) is 0 Å². The number of amides is 1. The van der Waals surface area contributed by atoms with Gasteiger partial charge in [-0.25, -0.2) is 4.79 Å². The standard InChI is InChI=1S/C25H30N2O4/c1-3-17-27-24(29)31-19-13-15-25(16-14-19,18-9-5-4-6-10-18)23(26)22(28)20-11-7-8-12-21(20)30-2/h3-12,19,23H,1,13-17,26H2,2H3,(H,27,29). The number of methoxy groups -OCH3 is 1. The number of carbonyl (C=O) groups excluding carboxylic acids is 2. The molecule has 0 aromatic heterocycles. The van der Waals surface area contributed by atoms with E-state index in [1.54, 1.807) is 25.3 Å². The van der Waals surface area contributed by atoms with Crippen molar-refractivity contribution in [2.75, 3.05) is 13.7 Å². The van der Waals surface area contributed by atoms with Gasteiger partial charge in [-0.1, -0.05) is 48.5 Å². The zero-order chi connectivity index (χ0) is 22.3. The average Bonchev–Trinajstić information content (AvgIpc) is 2.83. The highest BCUT2D eigenvalue weighted by Gasteiger charge is 2.46. The van der Waals surface area contributed by atoms with E-state index < -0.39 is 17.6 Å². The molecule has 0 spiro atoms. The van der Waals surface area contributed by atoms with Crippen LogP contribution < -0.4 is 15.8 Å². The molecule has 6 heteroatoms. The summed E-state index contributed by atoms with van der Waals surface area (Å²) in [6, 6.07) is 16.3. The Balaban J connectivity index is 1.84. The van der Waals surface area contributed by atoms with Crippen LogP contribution in [0.25, 0.3) is 0 Å². The van der Waals surface area contributed by atoms with Crippen LogP contribution in [-0.4, -0.2) is 37.7 Å². The van der Waals surface area contributed by atoms with Crippen molar-refractivity contribution in [3.05, 3.63) is 78.4 Å². The second-order valence-electron chi connectivity index (χ2n) is 7.84. The van der Waals surface area contributed by atoms with Crippen LogP contribution in [0.2, 0.25) is 0 Å². The minimum absolute atomic E-state index is 0.149. The SMILES string of the molecule is C=CCNC(=O)OC1CCC(c2ccccc2)(C(N)C(=O)c2ccccc2OC)CC1. The summed E-state index contributed by atoms with van der Waals surface area (Å²) in [5.74, 6) is 0.367. The van der Waals surface area contributed by atoms with Gasteiger partial charge in [0.05, 0.1) is 18.7 Å². The Bertz CT molecular complexity index is 905. The molecule has 1 atom stereocenters. The molecule has 164 valence electrons. The van der Waals surface area contributed by atoms with Gasteiger partial charge in [-0.15, -0.1) is 6.58 Å². The molecule has 0 saturated heterocycles. The first-order valence-corrected chi connectivity index (χ1v) is 10.6. The minimum atomic E-state index is -0.748. The Labute approximate surface area is 183 Å². The van der Waals surface area contributed by atoms with Crippen LogP contribution in [0.4, 0.5) is 4.79 Å². The summed E-state index contributed by atoms with van der Waals surface area (Å²) >= 11 is 0. The summed E-state index contributed by atoms with van der Waals surface area (Å²) < 4.78 is 10.9. The van der Waals surface area contributed by atoms with Crippen molar-refractivity contribution >= 4 is 11.9 Å². The molecule has 0 heterocycles. The number of ketones is 1. The van der Waals surface area contributed by atoms with Gasteiger partial charge in [0.15, 0.2) is 5.78 Å². The third kappa shape index (κ3) is 4.97. The molecular formula is C25H30N2O4. The van der Waals surface area contributed by atoms with E-state index in [4.69, 9.17) is 15.2 Å². The maximum absolute atomic E-state index is 13.5. The summed E-state index contributed by atoms with van der Waals surface area (Å²) in [5, 5.41) is 2.64. The van der Waals surface area contributed by atoms with E-state index in [2.05, 4.69) is 11.9 Å². The molecule has 0 radical (unpaired) electrons. The van der Waals surface area contributed by atoms with Crippen molar-refractivity contribution in [2.24, 2.45) is 5.73 Å². The average molecular weight is 423 g/mol. The van der Waals surface area contributed by atoms with Crippen molar-refractivity contribution < 1.29 is 19.1 Å². The summed E-state index contributed by atoms with van der Waals surface area (Å²) in [7, 11) is 1.55. The van der Waals surface area contributed by atoms with Gasteiger partial charge >= 0.3 is 6.09 Å². The van der Waals surface area contributed by atoms with Crippen LogP contribution in [0.5, 0.6) is 5.75 Å². The molecule has 1 fully saturated rings. The zero-order valence-corrected chi connectivity index (χ0v) is 17.9. The molecule has 1 saturated carbocycles. The van der Waals surface area contributed by atoms with Crippen LogP contribution in [0.3, 0.4) is 0 Å². The number of alkyl carbamates (subject to hydrolysis) is 1. The molecule has 0 bridgehead atoms. The molecule has 3 rings (SSSR count). The third-order valence-corrected chi connectivity index (χ3v) is 6.09. The van der Waals surface area contributed by atoms with Gasteiger partial charge in [-0.3, -0.25) is 4.79 Å². The van der Waals surface area contributed by atoms with Crippen molar-refractivity contribution in [2.45, 2.75) is 43.2 Å². The molecule has 1 aliphatic rings. The number of nitrogens with one attached hydrogen (secondary N) is 1. The highest BCUT2D eigenvalue weighted by Crippen LogP contribution is 2.43. The Hall–Kier alpha value is -3.12. The monoisotopic (exact) mass is 422 g/mol. The van der Waals surface area contributed by atoms with E-state index in [1.807, 2.05) is 42.5 Å². The number of hydrogen-bond donors (Lipinski definition) is 2. The molecule has 0 aliphatic heterocycles. The molecule has 31 heavy (non-hydrogen) atoms. The van der Waals surface area contributed by atoms with Crippen LogP contribution in [-0.2, 0) is 10.2 Å². The fourth-order valence-corrected chi connectivity index (χ4v) is 4.39. The van der Waals surface area contributed by atoms with Crippen LogP contribution in [0.15, 0.2) is 67.3 Å². The van der Waals surface area contributed by atoms with Gasteiger partial charge in [0.25, 0.3) is 0 Å². The number of para-hydroxylation sites is 1. The number of rotatable bonds is 8. The first kappa shape index (κ1) is 22.6. The smallest absolute Gasteiger partial charge is 0.407 e. The summed E-state index contributed by atoms with van der Waals surface area (Å²) in [6.07, 6.45) is 3.47. The molecule has 1 unspecified atom stereocenters. The molecule has 3 N–H and O–H groups in total. The van der Waals surface area contributed by atoms with E-state index in [-0.39, 0.29) is 11.9 Å². The van der Waals surface area contributed by atoms with E-state index >= 15 is 0 Å². The Kier molecular flexibility index (Phi) is 7.47. The maximum atomic E-state index is 13.5. The summed E-state index contributed by atoms with van der Waals surface area (Å²) in [5.41, 5.74) is 7.66. The van der Waals surface area contributed by atoms with Gasteiger partial charge in [-0.2, -0.15) is 0 Å². The quantitative estimate of drug-likeness (QED) is 0.496. The number of nitrogens with two attached hydrogens (primary N) is 1. The highest BCUT2D eigenvalue weighted by molar-refractivity contribution is 6.03. The van der Waals surface area contributed by atoms with E-state index in [1.165, 1.54) is 0 Å². The fourth-order valence-electron chi connectivity index (χ4n) is 4.39. The summed E-state index contributed by atoms with van der Waals surface area (Å²) in [6.45, 7) is 3.94. The largest absolute Gasteiger partial charge is 0.496 e. The normalized spacial score (nSPS) is 21.5. The number of hydrogen-bond acceptors (Lipinski definition) is 5. The van der Waals surface area contributed by atoms with Crippen LogP contribution in [0.1, 0.15) is 41.6 Å². The van der Waals surface area contributed by atoms with Gasteiger partial charge in [0.1, 0.15) is 11.9 Å². The van der Waals surface area contributed by atoms with Crippen molar-refractivity contribution in [1.29, 1.82) is 0 Å². The Morgan fingerprint density at radius 1 is 1.16 bits per heavy atom. The summed E-state index contributed by atoms with van der Waals surface area (Å²) in [4.78, 5) is 25.4. The van der Waals surface area contributed by atoms with E-state index in [9.17, 15) is 9.59 Å². The predicted molar refractivity (Wildman–Crippen MR) is 120 cm³/mol. The molecule has 2 aromatic carbocycles. The zero-order valence-electron chi connectivity index (χ0n) is 17.9. The molecule has 1 amide bonds. The second-order valence-corrected chi connectivity index (χ2v) is 7.84. The van der Waals surface area contributed by atoms with Gasteiger partial charge < -0.3 is 20.5 Å². The third-order valence-electron chi connectivity index (χ3n) is 6.09. The lowest BCUT2D eigenvalue weighted by atomic mass is 9.63. The lowest BCUT2D eigenvalue weighted by molar-refractivity contribution is 0.0497. The minimum Gasteiger partial charge on any atom is -0.496 e. The lowest BCUT2D eigenvalue weighted by Gasteiger charge is -2.43. The first-order chi connectivity index (χ1) is 15.0. The van der Waals surface area contributed by atoms with Gasteiger partial charge in [-0.05, 0) is 43.4 Å². The van der Waals surface area contributed by atoms with Crippen LogP contribution >= 0.6 is 0 Å². The topological polar surface area (TPSA) is 90.6 Å². The number of ether oxygens (including phenoxy) is 2. The lowest BCUT2D eigenvalue weighted by Crippen LogP contribution is -2.53. The van der Waals surface area contributed by atoms with E-state index in [0.29, 0.717) is 43.5 Å². The predicted octanol–water partition coefficient (Wildman–Crippen LogP) is 4.00. The van der Waals surface area contributed by atoms with Crippen molar-refractivity contribution in [3.63, 3.8) is 0 Å². The number of benzene rings is 2. The highest BCUT2D eigenvalue weighted by atomic mass is 16.6. The fraction of sp³-hybridized carbons (Fsp3) is 0.360. The maximum Gasteiger partial charge on any atom is 0.407 e. The van der Waals surface area contributed by atoms with Crippen LogP contribution in [0, 0.1) is 0 Å². The molecule has 6 nitrogen and oxygen atoms in total. The second kappa shape index (κ2) is 10.3. The molecule has 2 aromatic rings. The van der Waals surface area contributed by atoms with Crippen molar-refractivity contribution in [1.82, 2.24) is 5.32 Å². The Morgan fingerprint density at radius 2 is 1.81 bits per heavy atom.